The first-order chi connectivity index (χ1) is 12.0. The van der Waals surface area contributed by atoms with Gasteiger partial charge in [-0.25, -0.2) is 9.56 Å². The summed E-state index contributed by atoms with van der Waals surface area (Å²) < 4.78 is 3.37. The van der Waals surface area contributed by atoms with Crippen molar-refractivity contribution in [2.75, 3.05) is 32.1 Å². The number of benzene rings is 2. The molecule has 0 radical (unpaired) electrons. The van der Waals surface area contributed by atoms with Crippen LogP contribution in [0, 0.1) is 0 Å². The van der Waals surface area contributed by atoms with Gasteiger partial charge < -0.3 is 17.3 Å². The summed E-state index contributed by atoms with van der Waals surface area (Å²) in [6, 6.07) is 13.0. The Balaban J connectivity index is 0.000000791. The van der Waals surface area contributed by atoms with Gasteiger partial charge in [-0.3, -0.25) is 0 Å². The molecule has 0 saturated carbocycles. The van der Waals surface area contributed by atoms with Crippen molar-refractivity contribution in [2.24, 2.45) is 0 Å². The zero-order valence-corrected chi connectivity index (χ0v) is 21.5. The average Bonchev–Trinajstić information content (AvgIpc) is 2.61. The Bertz CT molecular complexity index is 877. The second-order valence-electron chi connectivity index (χ2n) is 5.69. The van der Waals surface area contributed by atoms with E-state index >= 15 is 0 Å². The molecule has 0 bridgehead atoms. The summed E-state index contributed by atoms with van der Waals surface area (Å²) >= 11 is 0.889. The molecule has 1 aliphatic heterocycles. The molecular formula is C18H22Cl3N3SZn. The van der Waals surface area contributed by atoms with E-state index in [2.05, 4.69) is 73.8 Å². The predicted octanol–water partition coefficient (Wildman–Crippen LogP) is 1.66. The molecule has 1 aromatic rings. The van der Waals surface area contributed by atoms with Crippen LogP contribution in [0.2, 0.25) is 0 Å². The van der Waals surface area contributed by atoms with E-state index in [1.165, 1.54) is 20.6 Å². The van der Waals surface area contributed by atoms with Crippen LogP contribution >= 0.6 is 30.7 Å². The van der Waals surface area contributed by atoms with Crippen molar-refractivity contribution in [3.63, 3.8) is 0 Å². The van der Waals surface area contributed by atoms with E-state index < -0.39 is 15.1 Å². The molecule has 0 fully saturated rings. The first-order valence-corrected chi connectivity index (χ1v) is 16.9. The van der Waals surface area contributed by atoms with E-state index in [0.717, 1.165) is 24.3 Å². The van der Waals surface area contributed by atoms with Crippen molar-refractivity contribution in [2.45, 2.75) is 13.8 Å². The zero-order chi connectivity index (χ0) is 18.4. The Kier molecular flexibility index (Phi) is 10.4. The molecule has 26 heavy (non-hydrogen) atoms. The standard InChI is InChI=1S/C18H22N3S.3ClH.Zn/c1-5-21(6-2)14-8-10-16-18(12-14)22-17-11-13(20(3)4)7-9-15(17)19-16;;;;/h7-12H,5-6H2,1-4H3;3*1H;/q+1;;;;+2/p-3. The minimum absolute atomic E-state index is 0. The summed E-state index contributed by atoms with van der Waals surface area (Å²) in [5, 5.41) is 1.21. The first-order valence-electron chi connectivity index (χ1n) is 8.25. The van der Waals surface area contributed by atoms with E-state index in [1.54, 1.807) is 0 Å². The van der Waals surface area contributed by atoms with Gasteiger partial charge in [0, 0.05) is 30.9 Å². The Morgan fingerprint density at radius 3 is 2.31 bits per heavy atom. The number of nitrogens with zero attached hydrogens (tertiary/aromatic N) is 3. The summed E-state index contributed by atoms with van der Waals surface area (Å²) in [7, 11) is 14.0. The van der Waals surface area contributed by atoms with Crippen LogP contribution in [-0.2, 0) is 15.1 Å². The van der Waals surface area contributed by atoms with Gasteiger partial charge in [0.1, 0.15) is 14.1 Å². The summed E-state index contributed by atoms with van der Waals surface area (Å²) in [4.78, 5) is 8.40. The van der Waals surface area contributed by atoms with Crippen LogP contribution in [0.5, 0.6) is 0 Å². The Labute approximate surface area is 181 Å². The maximum absolute atomic E-state index is 4.95. The summed E-state index contributed by atoms with van der Waals surface area (Å²) in [6.45, 7) is 6.44. The van der Waals surface area contributed by atoms with Crippen LogP contribution in [0.25, 0.3) is 20.8 Å². The van der Waals surface area contributed by atoms with E-state index in [1.807, 2.05) is 11.3 Å². The van der Waals surface area contributed by atoms with Gasteiger partial charge >= 0.3 is 34.5 Å². The summed E-state index contributed by atoms with van der Waals surface area (Å²) in [5.74, 6) is 0. The van der Waals surface area contributed by atoms with Crippen molar-refractivity contribution in [1.29, 1.82) is 0 Å². The van der Waals surface area contributed by atoms with Crippen molar-refractivity contribution < 1.29 is 27.6 Å². The van der Waals surface area contributed by atoms with Crippen LogP contribution < -0.4 is 27.2 Å². The van der Waals surface area contributed by atoms with E-state index in [0.29, 0.717) is 0 Å². The number of fused-ring (bicyclic) bond motifs is 2. The van der Waals surface area contributed by atoms with Gasteiger partial charge in [-0.15, -0.1) is 11.3 Å². The van der Waals surface area contributed by atoms with Gasteiger partial charge in [-0.1, -0.05) is 0 Å². The minimum atomic E-state index is -0.931. The molecule has 138 valence electrons. The monoisotopic (exact) mass is 481 g/mol. The molecule has 0 amide bonds. The fourth-order valence-corrected chi connectivity index (χ4v) is 3.70. The van der Waals surface area contributed by atoms with Crippen LogP contribution in [0.3, 0.4) is 0 Å². The van der Waals surface area contributed by atoms with Crippen LogP contribution in [0.4, 0.5) is 5.69 Å². The molecular weight excluding hydrogens is 462 g/mol. The number of hydrogen-bond donors (Lipinski definition) is 0. The Morgan fingerprint density at radius 2 is 1.73 bits per heavy atom. The molecule has 2 aliphatic rings. The third-order valence-corrected chi connectivity index (χ3v) is 5.09. The van der Waals surface area contributed by atoms with Crippen LogP contribution in [0.1, 0.15) is 13.8 Å². The second kappa shape index (κ2) is 11.4. The number of aromatic nitrogens is 1. The normalized spacial score (nSPS) is 9.77. The van der Waals surface area contributed by atoms with Gasteiger partial charge in [0.25, 0.3) is 0 Å². The van der Waals surface area contributed by atoms with Gasteiger partial charge in [0.2, 0.25) is 5.36 Å². The molecule has 0 atom stereocenters. The van der Waals surface area contributed by atoms with E-state index in [4.69, 9.17) is 24.4 Å². The fraction of sp³-hybridized carbons (Fsp3) is 0.333. The van der Waals surface area contributed by atoms with E-state index in [9.17, 15) is 0 Å². The fourth-order valence-electron chi connectivity index (χ4n) is 2.67. The number of anilines is 1. The summed E-state index contributed by atoms with van der Waals surface area (Å²) in [6.07, 6.45) is 0. The SMILES string of the molecule is CCN(CC)c1ccc2nc3ccc(=[N+](C)C)cc-3sc2c1.[Cl-].[Cl][Zn][Cl]. The number of halogens is 3. The van der Waals surface area contributed by atoms with Crippen molar-refractivity contribution in [1.82, 2.24) is 9.56 Å². The van der Waals surface area contributed by atoms with Gasteiger partial charge in [0.15, 0.2) is 0 Å². The summed E-state index contributed by atoms with van der Waals surface area (Å²) in [5.41, 5.74) is 3.42. The molecule has 0 N–H and O–H groups in total. The van der Waals surface area contributed by atoms with Crippen molar-refractivity contribution in [3.8, 4) is 10.6 Å². The predicted molar refractivity (Wildman–Crippen MR) is 109 cm³/mol. The van der Waals surface area contributed by atoms with Gasteiger partial charge in [-0.2, -0.15) is 0 Å². The molecule has 0 aromatic heterocycles. The number of hydrogen-bond acceptors (Lipinski definition) is 3. The van der Waals surface area contributed by atoms with Gasteiger partial charge in [0.05, 0.1) is 20.8 Å². The molecule has 8 heteroatoms. The van der Waals surface area contributed by atoms with E-state index in [-0.39, 0.29) is 12.4 Å². The molecule has 1 aromatic carbocycles. The molecule has 3 rings (SSSR count). The van der Waals surface area contributed by atoms with Crippen LogP contribution in [0.15, 0.2) is 36.4 Å². The Morgan fingerprint density at radius 1 is 1.08 bits per heavy atom. The maximum atomic E-state index is 4.95. The molecule has 0 saturated heterocycles. The molecule has 1 aliphatic carbocycles. The first kappa shape index (κ1) is 23.6. The van der Waals surface area contributed by atoms with Crippen molar-refractivity contribution in [3.05, 3.63) is 41.8 Å². The average molecular weight is 484 g/mol. The molecule has 0 spiro atoms. The third kappa shape index (κ3) is 5.77. The van der Waals surface area contributed by atoms with Gasteiger partial charge in [-0.05, 0) is 38.1 Å². The number of rotatable bonds is 3. The molecule has 3 nitrogen and oxygen atoms in total. The van der Waals surface area contributed by atoms with Crippen LogP contribution in [-0.4, -0.2) is 32.2 Å². The topological polar surface area (TPSA) is 19.1 Å². The quantitative estimate of drug-likeness (QED) is 0.320. The molecule has 1 heterocycles. The van der Waals surface area contributed by atoms with Crippen molar-refractivity contribution >= 4 is 46.6 Å². The third-order valence-electron chi connectivity index (χ3n) is 3.99. The zero-order valence-electron chi connectivity index (χ0n) is 15.5. The second-order valence-corrected chi connectivity index (χ2v) is 11.4. The Hall–Kier alpha value is -0.447. The molecule has 0 unspecified atom stereocenters.